The largest absolute Gasteiger partial charge is 0.399 e. The highest BCUT2D eigenvalue weighted by Crippen LogP contribution is 2.25. The second-order valence-electron chi connectivity index (χ2n) is 5.02. The van der Waals surface area contributed by atoms with Crippen LogP contribution in [0.1, 0.15) is 18.4 Å². The molecule has 21 heavy (non-hydrogen) atoms. The number of ether oxygens (including phenoxy) is 1. The van der Waals surface area contributed by atoms with E-state index in [0.29, 0.717) is 31.7 Å². The maximum absolute atomic E-state index is 12.5. The molecule has 0 saturated carbocycles. The summed E-state index contributed by atoms with van der Waals surface area (Å²) in [5.74, 6) is 0. The first kappa shape index (κ1) is 15.7. The molecule has 2 rings (SSSR count). The van der Waals surface area contributed by atoms with Crippen LogP contribution in [-0.2, 0) is 14.8 Å². The van der Waals surface area contributed by atoms with Gasteiger partial charge in [-0.1, -0.05) is 0 Å². The average molecular weight is 311 g/mol. The van der Waals surface area contributed by atoms with Crippen molar-refractivity contribution < 1.29 is 18.3 Å². The third-order valence-electron chi connectivity index (χ3n) is 3.52. The lowest BCUT2D eigenvalue weighted by Crippen LogP contribution is -2.54. The van der Waals surface area contributed by atoms with E-state index in [4.69, 9.17) is 15.7 Å². The minimum Gasteiger partial charge on any atom is -0.399 e. The lowest BCUT2D eigenvalue weighted by atomic mass is 9.93. The Bertz CT molecular complexity index is 660. The van der Waals surface area contributed by atoms with Crippen molar-refractivity contribution in [1.82, 2.24) is 4.72 Å². The van der Waals surface area contributed by atoms with Crippen LogP contribution >= 0.6 is 0 Å². The van der Waals surface area contributed by atoms with Crippen molar-refractivity contribution in [1.29, 1.82) is 5.26 Å². The summed E-state index contributed by atoms with van der Waals surface area (Å²) in [4.78, 5) is -0.140. The molecule has 0 amide bonds. The topological polar surface area (TPSA) is 125 Å². The smallest absolute Gasteiger partial charge is 0.242 e. The van der Waals surface area contributed by atoms with Gasteiger partial charge in [0.25, 0.3) is 0 Å². The van der Waals surface area contributed by atoms with E-state index < -0.39 is 15.6 Å². The highest BCUT2D eigenvalue weighted by molar-refractivity contribution is 7.89. The number of nitrogens with zero attached hydrogens (tertiary/aromatic N) is 1. The number of rotatable bonds is 4. The minimum atomic E-state index is -3.93. The van der Waals surface area contributed by atoms with E-state index >= 15 is 0 Å². The van der Waals surface area contributed by atoms with Crippen LogP contribution < -0.4 is 10.5 Å². The molecule has 0 aromatic heterocycles. The number of hydrogen-bond donors (Lipinski definition) is 3. The molecule has 0 bridgehead atoms. The fraction of sp³-hybridized carbons (Fsp3) is 0.462. The molecule has 1 aromatic rings. The van der Waals surface area contributed by atoms with E-state index in [0.717, 1.165) is 0 Å². The van der Waals surface area contributed by atoms with Crippen molar-refractivity contribution in [2.24, 2.45) is 0 Å². The van der Waals surface area contributed by atoms with Gasteiger partial charge in [-0.25, -0.2) is 13.1 Å². The van der Waals surface area contributed by atoms with E-state index in [1.54, 1.807) is 0 Å². The predicted molar refractivity (Wildman–Crippen MR) is 75.8 cm³/mol. The zero-order valence-corrected chi connectivity index (χ0v) is 12.2. The average Bonchev–Trinajstić information content (AvgIpc) is 2.47. The molecular weight excluding hydrogens is 294 g/mol. The molecule has 1 aromatic carbocycles. The fourth-order valence-electron chi connectivity index (χ4n) is 2.26. The van der Waals surface area contributed by atoms with Crippen molar-refractivity contribution in [3.8, 4) is 6.07 Å². The number of hydrogen-bond acceptors (Lipinski definition) is 6. The summed E-state index contributed by atoms with van der Waals surface area (Å²) in [6.07, 6.45) is 0.749. The summed E-state index contributed by atoms with van der Waals surface area (Å²) >= 11 is 0. The number of anilines is 1. The van der Waals surface area contributed by atoms with Crippen LogP contribution in [0.3, 0.4) is 0 Å². The molecule has 0 unspecified atom stereocenters. The van der Waals surface area contributed by atoms with E-state index in [-0.39, 0.29) is 17.1 Å². The summed E-state index contributed by atoms with van der Waals surface area (Å²) in [6.45, 7) is 0.415. The van der Waals surface area contributed by atoms with E-state index in [1.807, 2.05) is 6.07 Å². The Kier molecular flexibility index (Phi) is 4.49. The molecule has 1 fully saturated rings. The monoisotopic (exact) mass is 311 g/mol. The van der Waals surface area contributed by atoms with Gasteiger partial charge in [-0.2, -0.15) is 5.26 Å². The molecule has 0 aliphatic carbocycles. The highest BCUT2D eigenvalue weighted by atomic mass is 32.2. The van der Waals surface area contributed by atoms with Crippen LogP contribution in [0.2, 0.25) is 0 Å². The first-order valence-electron chi connectivity index (χ1n) is 6.45. The third kappa shape index (κ3) is 3.33. The number of nitriles is 1. The quantitative estimate of drug-likeness (QED) is 0.670. The van der Waals surface area contributed by atoms with Crippen LogP contribution in [0, 0.1) is 11.3 Å². The Morgan fingerprint density at radius 2 is 2.10 bits per heavy atom. The van der Waals surface area contributed by atoms with Gasteiger partial charge in [0, 0.05) is 18.9 Å². The lowest BCUT2D eigenvalue weighted by molar-refractivity contribution is 0.0223. The molecule has 7 nitrogen and oxygen atoms in total. The van der Waals surface area contributed by atoms with Gasteiger partial charge in [-0.15, -0.1) is 0 Å². The fourth-order valence-corrected chi connectivity index (χ4v) is 3.85. The number of sulfonamides is 1. The molecular formula is C13H17N3O4S. The zero-order valence-electron chi connectivity index (χ0n) is 11.4. The summed E-state index contributed by atoms with van der Waals surface area (Å²) in [5, 5.41) is 18.6. The molecule has 4 N–H and O–H groups in total. The zero-order chi connectivity index (χ0) is 15.5. The van der Waals surface area contributed by atoms with Crippen molar-refractivity contribution in [2.75, 3.05) is 25.6 Å². The van der Waals surface area contributed by atoms with Gasteiger partial charge in [0.2, 0.25) is 10.0 Å². The Morgan fingerprint density at radius 3 is 2.67 bits per heavy atom. The maximum atomic E-state index is 12.5. The van der Waals surface area contributed by atoms with E-state index in [9.17, 15) is 13.5 Å². The number of nitrogen functional groups attached to an aromatic ring is 1. The molecule has 8 heteroatoms. The number of nitrogens with two attached hydrogens (primary N) is 1. The third-order valence-corrected chi connectivity index (χ3v) is 5.15. The van der Waals surface area contributed by atoms with Gasteiger partial charge in [-0.05, 0) is 31.0 Å². The molecule has 0 spiro atoms. The van der Waals surface area contributed by atoms with Crippen molar-refractivity contribution in [2.45, 2.75) is 23.3 Å². The van der Waals surface area contributed by atoms with E-state index in [1.165, 1.54) is 18.2 Å². The normalized spacial score (nSPS) is 18.1. The molecule has 0 atom stereocenters. The molecule has 1 heterocycles. The Balaban J connectivity index is 2.36. The first-order valence-corrected chi connectivity index (χ1v) is 7.93. The number of benzene rings is 1. The van der Waals surface area contributed by atoms with Gasteiger partial charge >= 0.3 is 0 Å². The highest BCUT2D eigenvalue weighted by Gasteiger charge is 2.37. The lowest BCUT2D eigenvalue weighted by Gasteiger charge is -2.35. The Morgan fingerprint density at radius 1 is 1.43 bits per heavy atom. The maximum Gasteiger partial charge on any atom is 0.242 e. The number of nitrogens with one attached hydrogen (secondary N) is 1. The SMILES string of the molecule is N#Cc1cc(N)ccc1S(=O)(=O)NC1(CO)CCOCC1. The number of aliphatic hydroxyl groups excluding tert-OH is 1. The summed E-state index contributed by atoms with van der Waals surface area (Å²) in [6, 6.07) is 5.85. The summed E-state index contributed by atoms with van der Waals surface area (Å²) in [5.41, 5.74) is 4.89. The standard InChI is InChI=1S/C13H17N3O4S/c14-8-10-7-11(15)1-2-12(10)21(18,19)16-13(9-17)3-5-20-6-4-13/h1-2,7,16-17H,3-6,9,15H2. The second-order valence-corrected chi connectivity index (χ2v) is 6.67. The van der Waals surface area contributed by atoms with Crippen LogP contribution in [-0.4, -0.2) is 38.9 Å². The molecule has 114 valence electrons. The van der Waals surface area contributed by atoms with Gasteiger partial charge in [0.05, 0.1) is 22.6 Å². The van der Waals surface area contributed by atoms with Gasteiger partial charge < -0.3 is 15.6 Å². The Labute approximate surface area is 123 Å². The van der Waals surface area contributed by atoms with Crippen LogP contribution in [0.25, 0.3) is 0 Å². The van der Waals surface area contributed by atoms with Crippen molar-refractivity contribution in [3.63, 3.8) is 0 Å². The van der Waals surface area contributed by atoms with E-state index in [2.05, 4.69) is 4.72 Å². The minimum absolute atomic E-state index is 0.0253. The Hall–Kier alpha value is -1.66. The van der Waals surface area contributed by atoms with Gasteiger partial charge in [0.1, 0.15) is 6.07 Å². The summed E-state index contributed by atoms with van der Waals surface area (Å²) in [7, 11) is -3.93. The van der Waals surface area contributed by atoms with Crippen molar-refractivity contribution >= 4 is 15.7 Å². The molecule has 0 radical (unpaired) electrons. The molecule has 1 saturated heterocycles. The first-order chi connectivity index (χ1) is 9.92. The predicted octanol–water partition coefficient (Wildman–Crippen LogP) is -0.0397. The molecule has 1 aliphatic rings. The molecule has 1 aliphatic heterocycles. The van der Waals surface area contributed by atoms with Crippen LogP contribution in [0.5, 0.6) is 0 Å². The second kappa shape index (κ2) is 5.99. The summed E-state index contributed by atoms with van der Waals surface area (Å²) < 4.78 is 32.7. The van der Waals surface area contributed by atoms with Crippen molar-refractivity contribution in [3.05, 3.63) is 23.8 Å². The van der Waals surface area contributed by atoms with Gasteiger partial charge in [-0.3, -0.25) is 0 Å². The van der Waals surface area contributed by atoms with Crippen LogP contribution in [0.15, 0.2) is 23.1 Å². The van der Waals surface area contributed by atoms with Gasteiger partial charge in [0.15, 0.2) is 0 Å². The van der Waals surface area contributed by atoms with Crippen LogP contribution in [0.4, 0.5) is 5.69 Å². The number of aliphatic hydroxyl groups is 1.